The van der Waals surface area contributed by atoms with E-state index in [-0.39, 0.29) is 0 Å². The molecule has 1 N–H and O–H groups in total. The van der Waals surface area contributed by atoms with Gasteiger partial charge in [-0.2, -0.15) is 0 Å². The van der Waals surface area contributed by atoms with E-state index in [9.17, 15) is 0 Å². The molecule has 3 rings (SSSR count). The molecule has 0 bridgehead atoms. The molecule has 92 valence electrons. The Morgan fingerprint density at radius 1 is 0.882 bits per heavy atom. The number of hydrogen-bond acceptors (Lipinski definition) is 2. The predicted molar refractivity (Wildman–Crippen MR) is 70.3 cm³/mol. The van der Waals surface area contributed by atoms with E-state index in [0.717, 1.165) is 6.54 Å². The SMILES string of the molecule is CNCc1c2c(nc3c1CCCC3)CCCC2. The van der Waals surface area contributed by atoms with Crippen molar-refractivity contribution < 1.29 is 0 Å². The minimum atomic E-state index is 1.03. The topological polar surface area (TPSA) is 24.9 Å². The molecule has 17 heavy (non-hydrogen) atoms. The van der Waals surface area contributed by atoms with Crippen molar-refractivity contribution in [2.75, 3.05) is 7.05 Å². The predicted octanol–water partition coefficient (Wildman–Crippen LogP) is 2.56. The van der Waals surface area contributed by atoms with E-state index in [1.807, 2.05) is 0 Å². The van der Waals surface area contributed by atoms with Crippen molar-refractivity contribution in [2.24, 2.45) is 0 Å². The highest BCUT2D eigenvalue weighted by Gasteiger charge is 2.22. The van der Waals surface area contributed by atoms with Crippen LogP contribution in [0.4, 0.5) is 0 Å². The van der Waals surface area contributed by atoms with Crippen LogP contribution in [0.3, 0.4) is 0 Å². The fraction of sp³-hybridized carbons (Fsp3) is 0.667. The number of aryl methyl sites for hydroxylation is 2. The summed E-state index contributed by atoms with van der Waals surface area (Å²) in [6.45, 7) is 1.03. The van der Waals surface area contributed by atoms with Crippen LogP contribution >= 0.6 is 0 Å². The Kier molecular flexibility index (Phi) is 3.15. The Hall–Kier alpha value is -0.890. The molecule has 0 aromatic carbocycles. The van der Waals surface area contributed by atoms with Gasteiger partial charge in [-0.25, -0.2) is 0 Å². The van der Waals surface area contributed by atoms with Crippen LogP contribution < -0.4 is 5.32 Å². The first kappa shape index (κ1) is 11.2. The summed E-state index contributed by atoms with van der Waals surface area (Å²) in [5.41, 5.74) is 7.62. The first-order valence-electron chi connectivity index (χ1n) is 7.07. The smallest absolute Gasteiger partial charge is 0.0442 e. The molecule has 0 radical (unpaired) electrons. The van der Waals surface area contributed by atoms with Gasteiger partial charge >= 0.3 is 0 Å². The molecule has 1 heterocycles. The second-order valence-electron chi connectivity index (χ2n) is 5.39. The lowest BCUT2D eigenvalue weighted by atomic mass is 9.84. The summed E-state index contributed by atoms with van der Waals surface area (Å²) < 4.78 is 0. The number of aromatic nitrogens is 1. The van der Waals surface area contributed by atoms with Crippen molar-refractivity contribution in [1.29, 1.82) is 0 Å². The number of hydrogen-bond donors (Lipinski definition) is 1. The third kappa shape index (κ3) is 1.99. The molecule has 0 fully saturated rings. The number of fused-ring (bicyclic) bond motifs is 2. The van der Waals surface area contributed by atoms with Gasteiger partial charge in [0.05, 0.1) is 0 Å². The average molecular weight is 230 g/mol. The third-order valence-corrected chi connectivity index (χ3v) is 4.23. The van der Waals surface area contributed by atoms with Gasteiger partial charge in [-0.15, -0.1) is 0 Å². The zero-order valence-corrected chi connectivity index (χ0v) is 10.8. The summed E-state index contributed by atoms with van der Waals surface area (Å²) in [7, 11) is 2.06. The van der Waals surface area contributed by atoms with E-state index < -0.39 is 0 Å². The molecule has 0 saturated heterocycles. The van der Waals surface area contributed by atoms with E-state index in [4.69, 9.17) is 4.98 Å². The molecule has 2 aliphatic rings. The molecule has 2 nitrogen and oxygen atoms in total. The minimum absolute atomic E-state index is 1.03. The van der Waals surface area contributed by atoms with Crippen molar-refractivity contribution in [2.45, 2.75) is 57.9 Å². The monoisotopic (exact) mass is 230 g/mol. The van der Waals surface area contributed by atoms with Gasteiger partial charge in [-0.05, 0) is 75.1 Å². The number of nitrogens with zero attached hydrogens (tertiary/aromatic N) is 1. The normalized spacial score (nSPS) is 18.6. The van der Waals surface area contributed by atoms with Crippen LogP contribution in [-0.2, 0) is 32.2 Å². The van der Waals surface area contributed by atoms with Gasteiger partial charge < -0.3 is 5.32 Å². The zero-order chi connectivity index (χ0) is 11.7. The Labute approximate surface area is 104 Å². The first-order valence-corrected chi connectivity index (χ1v) is 7.07. The molecular formula is C15H22N2. The maximum Gasteiger partial charge on any atom is 0.0442 e. The molecule has 1 aromatic heterocycles. The molecule has 2 aliphatic carbocycles. The summed E-state index contributed by atoms with van der Waals surface area (Å²) in [5.74, 6) is 0. The Bertz CT molecular complexity index is 389. The highest BCUT2D eigenvalue weighted by molar-refractivity contribution is 5.43. The number of pyridine rings is 1. The molecule has 2 heteroatoms. The molecule has 0 spiro atoms. The van der Waals surface area contributed by atoms with Gasteiger partial charge in [-0.3, -0.25) is 4.98 Å². The van der Waals surface area contributed by atoms with E-state index >= 15 is 0 Å². The van der Waals surface area contributed by atoms with E-state index in [1.165, 1.54) is 62.8 Å². The first-order chi connectivity index (χ1) is 8.40. The largest absolute Gasteiger partial charge is 0.316 e. The average Bonchev–Trinajstić information content (AvgIpc) is 2.39. The van der Waals surface area contributed by atoms with Gasteiger partial charge in [0.25, 0.3) is 0 Å². The number of nitrogens with one attached hydrogen (secondary N) is 1. The van der Waals surface area contributed by atoms with E-state index in [2.05, 4.69) is 12.4 Å². The van der Waals surface area contributed by atoms with Gasteiger partial charge in [0, 0.05) is 17.9 Å². The lowest BCUT2D eigenvalue weighted by Gasteiger charge is -2.26. The maximum atomic E-state index is 4.97. The second-order valence-corrected chi connectivity index (χ2v) is 5.39. The fourth-order valence-corrected chi connectivity index (χ4v) is 3.41. The lowest BCUT2D eigenvalue weighted by molar-refractivity contribution is 0.609. The molecule has 0 unspecified atom stereocenters. The van der Waals surface area contributed by atoms with Crippen molar-refractivity contribution in [3.63, 3.8) is 0 Å². The molecule has 0 aliphatic heterocycles. The van der Waals surface area contributed by atoms with E-state index in [0.29, 0.717) is 0 Å². The molecule has 0 atom stereocenters. The van der Waals surface area contributed by atoms with Crippen LogP contribution in [0, 0.1) is 0 Å². The quantitative estimate of drug-likeness (QED) is 0.844. The molecule has 1 aromatic rings. The summed E-state index contributed by atoms with van der Waals surface area (Å²) in [6, 6.07) is 0. The Morgan fingerprint density at radius 2 is 1.41 bits per heavy atom. The van der Waals surface area contributed by atoms with Crippen LogP contribution in [0.1, 0.15) is 53.8 Å². The van der Waals surface area contributed by atoms with Crippen LogP contribution in [0.2, 0.25) is 0 Å². The summed E-state index contributed by atoms with van der Waals surface area (Å²) in [5, 5.41) is 3.36. The van der Waals surface area contributed by atoms with Crippen molar-refractivity contribution in [3.05, 3.63) is 28.1 Å². The summed E-state index contributed by atoms with van der Waals surface area (Å²) in [6.07, 6.45) is 10.3. The highest BCUT2D eigenvalue weighted by Crippen LogP contribution is 2.31. The van der Waals surface area contributed by atoms with Crippen molar-refractivity contribution in [3.8, 4) is 0 Å². The summed E-state index contributed by atoms with van der Waals surface area (Å²) in [4.78, 5) is 4.97. The van der Waals surface area contributed by atoms with Crippen LogP contribution in [-0.4, -0.2) is 12.0 Å². The van der Waals surface area contributed by atoms with Crippen molar-refractivity contribution >= 4 is 0 Å². The Morgan fingerprint density at radius 3 is 1.94 bits per heavy atom. The summed E-state index contributed by atoms with van der Waals surface area (Å²) >= 11 is 0. The maximum absolute atomic E-state index is 4.97. The van der Waals surface area contributed by atoms with Gasteiger partial charge in [0.2, 0.25) is 0 Å². The van der Waals surface area contributed by atoms with Crippen LogP contribution in [0.5, 0.6) is 0 Å². The third-order valence-electron chi connectivity index (χ3n) is 4.23. The van der Waals surface area contributed by atoms with Gasteiger partial charge in [0.15, 0.2) is 0 Å². The van der Waals surface area contributed by atoms with Crippen molar-refractivity contribution in [1.82, 2.24) is 10.3 Å². The highest BCUT2D eigenvalue weighted by atomic mass is 14.8. The van der Waals surface area contributed by atoms with Gasteiger partial charge in [-0.1, -0.05) is 0 Å². The van der Waals surface area contributed by atoms with Crippen LogP contribution in [0.15, 0.2) is 0 Å². The fourth-order valence-electron chi connectivity index (χ4n) is 3.41. The molecular weight excluding hydrogens is 208 g/mol. The molecule has 0 saturated carbocycles. The second kappa shape index (κ2) is 4.77. The minimum Gasteiger partial charge on any atom is -0.316 e. The van der Waals surface area contributed by atoms with E-state index in [1.54, 1.807) is 16.7 Å². The number of rotatable bonds is 2. The van der Waals surface area contributed by atoms with Crippen LogP contribution in [0.25, 0.3) is 0 Å². The zero-order valence-electron chi connectivity index (χ0n) is 10.8. The Balaban J connectivity index is 2.12. The molecule has 0 amide bonds. The van der Waals surface area contributed by atoms with Gasteiger partial charge in [0.1, 0.15) is 0 Å². The standard InChI is InChI=1S/C15H22N2/c1-16-10-13-11-6-2-4-8-14(11)17-15-9-5-3-7-12(13)15/h16H,2-10H2,1H3. The lowest BCUT2D eigenvalue weighted by Crippen LogP contribution is -2.20.